The lowest BCUT2D eigenvalue weighted by Crippen LogP contribution is -2.30. The number of halogens is 3. The molecule has 0 aromatic heterocycles. The second-order valence-corrected chi connectivity index (χ2v) is 5.32. The minimum absolute atomic E-state index is 0.183. The fourth-order valence-electron chi connectivity index (χ4n) is 1.83. The quantitative estimate of drug-likeness (QED) is 0.866. The number of rotatable bonds is 6. The summed E-state index contributed by atoms with van der Waals surface area (Å²) in [4.78, 5) is 11.7. The molecule has 0 bridgehead atoms. The Morgan fingerprint density at radius 1 is 1.14 bits per heavy atom. The minimum Gasteiger partial charge on any atom is -0.482 e. The maximum atomic E-state index is 13.4. The number of carbonyl (C=O) groups excluding carboxylic acids is 1. The number of nitrogens with one attached hydrogen (secondary N) is 1. The third-order valence-electron chi connectivity index (χ3n) is 2.95. The van der Waals surface area contributed by atoms with Gasteiger partial charge in [0, 0.05) is 6.54 Å². The van der Waals surface area contributed by atoms with Gasteiger partial charge in [0.2, 0.25) is 0 Å². The summed E-state index contributed by atoms with van der Waals surface area (Å²) in [6.07, 6.45) is 0.413. The molecule has 0 aliphatic carbocycles. The number of hydrogen-bond acceptors (Lipinski definition) is 2. The highest BCUT2D eigenvalue weighted by atomic mass is 35.5. The maximum Gasteiger partial charge on any atom is 0.257 e. The Labute approximate surface area is 138 Å². The normalized spacial score (nSPS) is 10.3. The Morgan fingerprint density at radius 3 is 2.68 bits per heavy atom. The molecule has 22 heavy (non-hydrogen) atoms. The number of benzene rings is 2. The molecule has 2 aromatic rings. The highest BCUT2D eigenvalue weighted by molar-refractivity contribution is 6.42. The second-order valence-electron chi connectivity index (χ2n) is 4.53. The van der Waals surface area contributed by atoms with E-state index in [1.165, 1.54) is 6.07 Å². The molecule has 2 rings (SSSR count). The number of carbonyl (C=O) groups is 1. The lowest BCUT2D eigenvalue weighted by molar-refractivity contribution is -0.123. The van der Waals surface area contributed by atoms with Crippen LogP contribution in [0.2, 0.25) is 10.0 Å². The van der Waals surface area contributed by atoms with E-state index >= 15 is 0 Å². The third-order valence-corrected chi connectivity index (χ3v) is 3.75. The summed E-state index contributed by atoms with van der Waals surface area (Å²) in [6, 6.07) is 11.4. The van der Waals surface area contributed by atoms with Crippen LogP contribution in [0, 0.1) is 5.82 Å². The van der Waals surface area contributed by atoms with Crippen LogP contribution in [-0.2, 0) is 11.2 Å². The van der Waals surface area contributed by atoms with Crippen molar-refractivity contribution in [2.24, 2.45) is 0 Å². The van der Waals surface area contributed by atoms with Gasteiger partial charge >= 0.3 is 0 Å². The van der Waals surface area contributed by atoms with Crippen LogP contribution < -0.4 is 10.1 Å². The molecule has 0 radical (unpaired) electrons. The zero-order chi connectivity index (χ0) is 15.9. The van der Waals surface area contributed by atoms with Gasteiger partial charge in [-0.25, -0.2) is 4.39 Å². The van der Waals surface area contributed by atoms with Crippen LogP contribution in [0.3, 0.4) is 0 Å². The Balaban J connectivity index is 1.77. The monoisotopic (exact) mass is 341 g/mol. The van der Waals surface area contributed by atoms with Crippen molar-refractivity contribution in [2.75, 3.05) is 13.2 Å². The van der Waals surface area contributed by atoms with Crippen LogP contribution in [0.5, 0.6) is 5.75 Å². The summed E-state index contributed by atoms with van der Waals surface area (Å²) in [5.74, 6) is -0.246. The molecule has 0 spiro atoms. The molecule has 0 atom stereocenters. The molecule has 1 N–H and O–H groups in total. The van der Waals surface area contributed by atoms with E-state index in [-0.39, 0.29) is 23.4 Å². The van der Waals surface area contributed by atoms with E-state index in [2.05, 4.69) is 5.32 Å². The Hall–Kier alpha value is -1.78. The van der Waals surface area contributed by atoms with Gasteiger partial charge < -0.3 is 10.1 Å². The summed E-state index contributed by atoms with van der Waals surface area (Å²) in [5, 5.41) is 3.28. The Morgan fingerprint density at radius 2 is 1.91 bits per heavy atom. The lowest BCUT2D eigenvalue weighted by Gasteiger charge is -2.09. The first-order valence-electron chi connectivity index (χ1n) is 6.65. The first-order chi connectivity index (χ1) is 10.6. The second kappa shape index (κ2) is 8.01. The topological polar surface area (TPSA) is 38.3 Å². The van der Waals surface area contributed by atoms with Gasteiger partial charge in [0.15, 0.2) is 6.61 Å². The van der Waals surface area contributed by atoms with E-state index < -0.39 is 0 Å². The number of amides is 1. The van der Waals surface area contributed by atoms with Crippen molar-refractivity contribution in [1.29, 1.82) is 0 Å². The predicted molar refractivity (Wildman–Crippen MR) is 85.1 cm³/mol. The van der Waals surface area contributed by atoms with Crippen molar-refractivity contribution in [3.63, 3.8) is 0 Å². The van der Waals surface area contributed by atoms with E-state index in [1.54, 1.807) is 36.4 Å². The standard InChI is InChI=1S/C16H14Cl2FNO2/c17-12-5-3-7-14(16(12)18)22-10-15(21)20-9-8-11-4-1-2-6-13(11)19/h1-7H,8-10H2,(H,20,21). The third kappa shape index (κ3) is 4.61. The van der Waals surface area contributed by atoms with Crippen LogP contribution in [-0.4, -0.2) is 19.1 Å². The molecule has 0 saturated carbocycles. The predicted octanol–water partition coefficient (Wildman–Crippen LogP) is 3.87. The molecular weight excluding hydrogens is 328 g/mol. The fourth-order valence-corrected chi connectivity index (χ4v) is 2.17. The molecule has 0 aliphatic rings. The molecule has 6 heteroatoms. The average molecular weight is 342 g/mol. The summed E-state index contributed by atoms with van der Waals surface area (Å²) in [6.45, 7) is 0.143. The largest absolute Gasteiger partial charge is 0.482 e. The van der Waals surface area contributed by atoms with Crippen LogP contribution in [0.1, 0.15) is 5.56 Å². The fraction of sp³-hybridized carbons (Fsp3) is 0.188. The van der Waals surface area contributed by atoms with Gasteiger partial charge in [0.25, 0.3) is 5.91 Å². The number of ether oxygens (including phenoxy) is 1. The maximum absolute atomic E-state index is 13.4. The lowest BCUT2D eigenvalue weighted by atomic mass is 10.1. The van der Waals surface area contributed by atoms with Crippen LogP contribution >= 0.6 is 23.2 Å². The molecule has 2 aromatic carbocycles. The summed E-state index contributed by atoms with van der Waals surface area (Å²) < 4.78 is 18.7. The van der Waals surface area contributed by atoms with Crippen LogP contribution in [0.25, 0.3) is 0 Å². The Kier molecular flexibility index (Phi) is 6.04. The van der Waals surface area contributed by atoms with Gasteiger partial charge in [-0.1, -0.05) is 47.5 Å². The van der Waals surface area contributed by atoms with Crippen molar-refractivity contribution in [3.8, 4) is 5.75 Å². The molecular formula is C16H14Cl2FNO2. The molecule has 3 nitrogen and oxygen atoms in total. The molecule has 0 heterocycles. The number of hydrogen-bond donors (Lipinski definition) is 1. The van der Waals surface area contributed by atoms with E-state index in [9.17, 15) is 9.18 Å². The molecule has 0 saturated heterocycles. The van der Waals surface area contributed by atoms with Gasteiger partial charge in [-0.3, -0.25) is 4.79 Å². The smallest absolute Gasteiger partial charge is 0.257 e. The van der Waals surface area contributed by atoms with Crippen LogP contribution in [0.15, 0.2) is 42.5 Å². The van der Waals surface area contributed by atoms with Gasteiger partial charge in [-0.2, -0.15) is 0 Å². The van der Waals surface area contributed by atoms with E-state index in [0.29, 0.717) is 29.3 Å². The van der Waals surface area contributed by atoms with E-state index in [0.717, 1.165) is 0 Å². The highest BCUT2D eigenvalue weighted by Crippen LogP contribution is 2.31. The van der Waals surface area contributed by atoms with Gasteiger partial charge in [0.1, 0.15) is 16.6 Å². The van der Waals surface area contributed by atoms with Crippen molar-refractivity contribution >= 4 is 29.1 Å². The molecule has 0 fully saturated rings. The van der Waals surface area contributed by atoms with Crippen molar-refractivity contribution in [3.05, 3.63) is 63.9 Å². The molecule has 1 amide bonds. The summed E-state index contributed by atoms with van der Waals surface area (Å²) in [7, 11) is 0. The van der Waals surface area contributed by atoms with Crippen molar-refractivity contribution < 1.29 is 13.9 Å². The molecule has 116 valence electrons. The summed E-state index contributed by atoms with van der Waals surface area (Å²) in [5.41, 5.74) is 0.557. The first-order valence-corrected chi connectivity index (χ1v) is 7.40. The zero-order valence-corrected chi connectivity index (χ0v) is 13.1. The van der Waals surface area contributed by atoms with Gasteiger partial charge in [-0.05, 0) is 30.2 Å². The van der Waals surface area contributed by atoms with E-state index in [1.807, 2.05) is 0 Å². The molecule has 0 unspecified atom stereocenters. The highest BCUT2D eigenvalue weighted by Gasteiger charge is 2.08. The zero-order valence-electron chi connectivity index (χ0n) is 11.6. The first kappa shape index (κ1) is 16.6. The average Bonchev–Trinajstić information content (AvgIpc) is 2.51. The van der Waals surface area contributed by atoms with E-state index in [4.69, 9.17) is 27.9 Å². The van der Waals surface area contributed by atoms with Gasteiger partial charge in [0.05, 0.1) is 5.02 Å². The van der Waals surface area contributed by atoms with Gasteiger partial charge in [-0.15, -0.1) is 0 Å². The van der Waals surface area contributed by atoms with Crippen LogP contribution in [0.4, 0.5) is 4.39 Å². The Bertz CT molecular complexity index is 664. The minimum atomic E-state index is -0.313. The van der Waals surface area contributed by atoms with Crippen molar-refractivity contribution in [1.82, 2.24) is 5.32 Å². The van der Waals surface area contributed by atoms with Crippen molar-refractivity contribution in [2.45, 2.75) is 6.42 Å². The SMILES string of the molecule is O=C(COc1cccc(Cl)c1Cl)NCCc1ccccc1F. The molecule has 0 aliphatic heterocycles. The summed E-state index contributed by atoms with van der Waals surface area (Å²) >= 11 is 11.8.